The summed E-state index contributed by atoms with van der Waals surface area (Å²) in [6.07, 6.45) is 17.1. The summed E-state index contributed by atoms with van der Waals surface area (Å²) in [6.45, 7) is 0.614. The summed E-state index contributed by atoms with van der Waals surface area (Å²) in [5.74, 6) is 8.33. The zero-order valence-corrected chi connectivity index (χ0v) is 19.4. The van der Waals surface area contributed by atoms with Gasteiger partial charge in [0.25, 0.3) is 0 Å². The number of carbonyl (C=O) groups is 2. The van der Waals surface area contributed by atoms with Crippen LogP contribution < -0.4 is 0 Å². The zero-order valence-electron chi connectivity index (χ0n) is 19.4. The van der Waals surface area contributed by atoms with Crippen molar-refractivity contribution in [3.8, 4) is 23.7 Å². The van der Waals surface area contributed by atoms with Gasteiger partial charge in [-0.1, -0.05) is 87.6 Å². The number of carboxylic acids is 2. The molecule has 0 radical (unpaired) electrons. The predicted octanol–water partition coefficient (Wildman–Crippen LogP) is 6.72. The fourth-order valence-corrected chi connectivity index (χ4v) is 3.34. The molecule has 7 heteroatoms. The highest BCUT2D eigenvalue weighted by Crippen LogP contribution is 2.14. The number of hydrogen-bond donors (Lipinski definition) is 2. The molecule has 0 atom stereocenters. The van der Waals surface area contributed by atoms with E-state index in [2.05, 4.69) is 33.7 Å². The maximum absolute atomic E-state index is 10.8. The van der Waals surface area contributed by atoms with Gasteiger partial charge in [0.2, 0.25) is 0 Å². The molecule has 0 aliphatic carbocycles. The Balaban J connectivity index is 3.41. The van der Waals surface area contributed by atoms with E-state index in [9.17, 15) is 9.59 Å². The van der Waals surface area contributed by atoms with E-state index >= 15 is 0 Å². The summed E-state index contributed by atoms with van der Waals surface area (Å²) >= 11 is 0. The van der Waals surface area contributed by atoms with E-state index < -0.39 is 17.9 Å². The summed E-state index contributed by atoms with van der Waals surface area (Å²) in [4.78, 5) is 24.3. The standard InChI is InChI=1S/C25H39N3O4/c26-28-27-22-20-18-16-14-12-10-8-6-4-2-1-3-5-7-9-11-13-15-17-19-21-23(24(29)30)25(31)32/h23H,5-22H2,(H,29,30)(H,31,32). The average molecular weight is 446 g/mol. The smallest absolute Gasteiger partial charge is 0.317 e. The molecule has 0 aliphatic heterocycles. The highest BCUT2D eigenvalue weighted by atomic mass is 16.4. The van der Waals surface area contributed by atoms with E-state index in [1.54, 1.807) is 0 Å². The van der Waals surface area contributed by atoms with Crippen LogP contribution in [0.1, 0.15) is 109 Å². The maximum atomic E-state index is 10.8. The van der Waals surface area contributed by atoms with Gasteiger partial charge < -0.3 is 10.2 Å². The third kappa shape index (κ3) is 20.6. The van der Waals surface area contributed by atoms with Crippen LogP contribution in [0.15, 0.2) is 5.11 Å². The Kier molecular flexibility index (Phi) is 21.1. The molecule has 178 valence electrons. The van der Waals surface area contributed by atoms with Crippen LogP contribution in [0.4, 0.5) is 0 Å². The molecule has 0 aromatic heterocycles. The van der Waals surface area contributed by atoms with Gasteiger partial charge >= 0.3 is 11.9 Å². The largest absolute Gasteiger partial charge is 0.481 e. The molecule has 2 N–H and O–H groups in total. The van der Waals surface area contributed by atoms with E-state index in [0.29, 0.717) is 13.0 Å². The lowest BCUT2D eigenvalue weighted by Gasteiger charge is -2.06. The van der Waals surface area contributed by atoms with Crippen molar-refractivity contribution in [3.63, 3.8) is 0 Å². The molecule has 0 amide bonds. The van der Waals surface area contributed by atoms with Crippen LogP contribution in [0.3, 0.4) is 0 Å². The molecular weight excluding hydrogens is 406 g/mol. The summed E-state index contributed by atoms with van der Waals surface area (Å²) in [6, 6.07) is 0. The molecule has 0 unspecified atom stereocenters. The minimum atomic E-state index is -1.27. The summed E-state index contributed by atoms with van der Waals surface area (Å²) in [7, 11) is 0. The third-order valence-electron chi connectivity index (χ3n) is 5.25. The van der Waals surface area contributed by atoms with Gasteiger partial charge in [-0.05, 0) is 43.1 Å². The van der Waals surface area contributed by atoms with Crippen molar-refractivity contribution in [3.05, 3.63) is 10.4 Å². The summed E-state index contributed by atoms with van der Waals surface area (Å²) in [5.41, 5.74) is 8.18. The molecule has 0 spiro atoms. The van der Waals surface area contributed by atoms with E-state index in [1.165, 1.54) is 25.7 Å². The quantitative estimate of drug-likeness (QED) is 0.0539. The first kappa shape index (κ1) is 29.4. The monoisotopic (exact) mass is 445 g/mol. The number of hydrogen-bond acceptors (Lipinski definition) is 3. The SMILES string of the molecule is [N-]=[N+]=NCCCCCCCCCC#CC#CCCCCCCCCCC(C(=O)O)C(=O)O. The topological polar surface area (TPSA) is 123 Å². The van der Waals surface area contributed by atoms with Gasteiger partial charge in [-0.15, -0.1) is 0 Å². The molecular formula is C25H39N3O4. The average Bonchev–Trinajstić information content (AvgIpc) is 2.76. The van der Waals surface area contributed by atoms with Gasteiger partial charge in [-0.3, -0.25) is 9.59 Å². The molecule has 0 rings (SSSR count). The Morgan fingerprint density at radius 3 is 1.53 bits per heavy atom. The number of aliphatic carboxylic acids is 2. The molecule has 0 aliphatic rings. The number of azide groups is 1. The number of unbranched alkanes of at least 4 members (excludes halogenated alkanes) is 14. The second-order valence-electron chi connectivity index (χ2n) is 8.03. The lowest BCUT2D eigenvalue weighted by molar-refractivity contribution is -0.154. The van der Waals surface area contributed by atoms with Crippen LogP contribution in [0.5, 0.6) is 0 Å². The van der Waals surface area contributed by atoms with Crippen LogP contribution in [0, 0.1) is 29.6 Å². The molecule has 7 nitrogen and oxygen atoms in total. The van der Waals surface area contributed by atoms with Crippen LogP contribution in [-0.2, 0) is 9.59 Å². The van der Waals surface area contributed by atoms with Crippen LogP contribution in [0.25, 0.3) is 10.4 Å². The normalized spacial score (nSPS) is 9.91. The lowest BCUT2D eigenvalue weighted by atomic mass is 10.0. The van der Waals surface area contributed by atoms with Crippen molar-refractivity contribution in [2.24, 2.45) is 11.0 Å². The minimum absolute atomic E-state index is 0.211. The Labute approximate surface area is 193 Å². The van der Waals surface area contributed by atoms with Crippen molar-refractivity contribution in [1.29, 1.82) is 0 Å². The highest BCUT2D eigenvalue weighted by molar-refractivity contribution is 5.92. The number of rotatable bonds is 20. The molecule has 0 bridgehead atoms. The molecule has 0 aromatic rings. The molecule has 0 saturated carbocycles. The Bertz CT molecular complexity index is 665. The lowest BCUT2D eigenvalue weighted by Crippen LogP contribution is -2.23. The summed E-state index contributed by atoms with van der Waals surface area (Å²) in [5, 5.41) is 21.2. The maximum Gasteiger partial charge on any atom is 0.317 e. The van der Waals surface area contributed by atoms with Gasteiger partial charge in [0.1, 0.15) is 0 Å². The molecule has 0 fully saturated rings. The van der Waals surface area contributed by atoms with Crippen LogP contribution >= 0.6 is 0 Å². The fraction of sp³-hybridized carbons (Fsp3) is 0.760. The Morgan fingerprint density at radius 2 is 1.09 bits per heavy atom. The molecule has 0 heterocycles. The first-order chi connectivity index (χ1) is 15.6. The van der Waals surface area contributed by atoms with Gasteiger partial charge in [0.15, 0.2) is 5.92 Å². The molecule has 32 heavy (non-hydrogen) atoms. The van der Waals surface area contributed by atoms with Gasteiger partial charge in [0, 0.05) is 24.3 Å². The number of carboxylic acid groups (broad SMARTS) is 2. The highest BCUT2D eigenvalue weighted by Gasteiger charge is 2.24. The van der Waals surface area contributed by atoms with E-state index in [4.69, 9.17) is 15.7 Å². The Hall–Kier alpha value is -2.63. The molecule has 0 aromatic carbocycles. The van der Waals surface area contributed by atoms with E-state index in [1.807, 2.05) is 0 Å². The van der Waals surface area contributed by atoms with E-state index in [0.717, 1.165) is 70.6 Å². The van der Waals surface area contributed by atoms with Crippen LogP contribution in [0.2, 0.25) is 0 Å². The first-order valence-corrected chi connectivity index (χ1v) is 12.0. The van der Waals surface area contributed by atoms with Crippen molar-refractivity contribution < 1.29 is 19.8 Å². The Morgan fingerprint density at radius 1 is 0.688 bits per heavy atom. The van der Waals surface area contributed by atoms with Crippen molar-refractivity contribution in [2.75, 3.05) is 6.54 Å². The zero-order chi connectivity index (χ0) is 23.7. The number of nitrogens with zero attached hydrogens (tertiary/aromatic N) is 3. The first-order valence-electron chi connectivity index (χ1n) is 12.0. The van der Waals surface area contributed by atoms with Crippen molar-refractivity contribution in [1.82, 2.24) is 0 Å². The predicted molar refractivity (Wildman–Crippen MR) is 127 cm³/mol. The van der Waals surface area contributed by atoms with E-state index in [-0.39, 0.29) is 6.42 Å². The van der Waals surface area contributed by atoms with Gasteiger partial charge in [-0.25, -0.2) is 0 Å². The molecule has 0 saturated heterocycles. The van der Waals surface area contributed by atoms with Crippen molar-refractivity contribution in [2.45, 2.75) is 109 Å². The summed E-state index contributed by atoms with van der Waals surface area (Å²) < 4.78 is 0. The second kappa shape index (κ2) is 23.0. The van der Waals surface area contributed by atoms with Crippen molar-refractivity contribution >= 4 is 11.9 Å². The van der Waals surface area contributed by atoms with Gasteiger partial charge in [-0.2, -0.15) is 0 Å². The van der Waals surface area contributed by atoms with Gasteiger partial charge in [0.05, 0.1) is 0 Å². The second-order valence-corrected chi connectivity index (χ2v) is 8.03. The minimum Gasteiger partial charge on any atom is -0.481 e. The fourth-order valence-electron chi connectivity index (χ4n) is 3.34. The third-order valence-corrected chi connectivity index (χ3v) is 5.25. The van der Waals surface area contributed by atoms with Crippen LogP contribution in [-0.4, -0.2) is 28.7 Å².